The number of hydrogen-bond donors (Lipinski definition) is 1. The van der Waals surface area contributed by atoms with Crippen LogP contribution in [0.2, 0.25) is 0 Å². The minimum absolute atomic E-state index is 0.104. The number of carbonyl (C=O) groups excluding carboxylic acids is 2. The number of halogens is 3. The molecule has 0 spiro atoms. The van der Waals surface area contributed by atoms with Gasteiger partial charge < -0.3 is 10.1 Å². The zero-order valence-corrected chi connectivity index (χ0v) is 17.2. The summed E-state index contributed by atoms with van der Waals surface area (Å²) in [6.45, 7) is 9.51. The van der Waals surface area contributed by atoms with Gasteiger partial charge in [-0.05, 0) is 49.2 Å². The Kier molecular flexibility index (Phi) is 8.88. The van der Waals surface area contributed by atoms with Gasteiger partial charge in [0.15, 0.2) is 0 Å². The maximum atomic E-state index is 12.6. The van der Waals surface area contributed by atoms with E-state index in [-0.39, 0.29) is 29.3 Å². The van der Waals surface area contributed by atoms with Crippen molar-refractivity contribution in [3.8, 4) is 5.75 Å². The Morgan fingerprint density at radius 1 is 1.03 bits per heavy atom. The van der Waals surface area contributed by atoms with Crippen LogP contribution < -0.4 is 10.1 Å². The van der Waals surface area contributed by atoms with Gasteiger partial charge in [-0.1, -0.05) is 39.3 Å². The number of hydrogen-bond acceptors (Lipinski definition) is 3. The molecule has 0 fully saturated rings. The molecule has 2 rings (SSSR count). The number of benzene rings is 2. The molecule has 0 saturated carbocycles. The standard InChI is InChI=1S/C20H20F3NO3.C2H6/c1-12(2)10-18(25)27-17-9-4-13(3)11-16(17)19(26)24-15-7-5-14(6-8-15)20(21,22)23;1-2/h4-9,11-12H,10H2,1-3H3,(H,24,26);1-2H3. The van der Waals surface area contributed by atoms with Crippen LogP contribution in [0.3, 0.4) is 0 Å². The summed E-state index contributed by atoms with van der Waals surface area (Å²) in [5.41, 5.74) is 0.302. The van der Waals surface area contributed by atoms with Gasteiger partial charge in [0, 0.05) is 12.1 Å². The number of amides is 1. The summed E-state index contributed by atoms with van der Waals surface area (Å²) in [5.74, 6) is -0.828. The summed E-state index contributed by atoms with van der Waals surface area (Å²) >= 11 is 0. The first-order chi connectivity index (χ1) is 13.6. The van der Waals surface area contributed by atoms with Crippen molar-refractivity contribution in [3.63, 3.8) is 0 Å². The molecule has 2 aromatic carbocycles. The predicted octanol–water partition coefficient (Wildman–Crippen LogP) is 6.24. The fraction of sp³-hybridized carbons (Fsp3) is 0.364. The second kappa shape index (κ2) is 10.6. The van der Waals surface area contributed by atoms with E-state index in [0.717, 1.165) is 17.7 Å². The highest BCUT2D eigenvalue weighted by Gasteiger charge is 2.30. The van der Waals surface area contributed by atoms with E-state index in [1.807, 2.05) is 27.7 Å². The van der Waals surface area contributed by atoms with E-state index in [0.29, 0.717) is 0 Å². The summed E-state index contributed by atoms with van der Waals surface area (Å²) in [5, 5.41) is 2.52. The third kappa shape index (κ3) is 7.60. The van der Waals surface area contributed by atoms with E-state index in [9.17, 15) is 22.8 Å². The van der Waals surface area contributed by atoms with Gasteiger partial charge in [0.05, 0.1) is 11.1 Å². The third-order valence-electron chi connectivity index (χ3n) is 3.65. The van der Waals surface area contributed by atoms with E-state index in [2.05, 4.69) is 5.32 Å². The number of esters is 1. The first kappa shape index (κ1) is 24.2. The lowest BCUT2D eigenvalue weighted by molar-refractivity contribution is -0.137. The second-order valence-electron chi connectivity index (χ2n) is 6.60. The first-order valence-corrected chi connectivity index (χ1v) is 9.36. The van der Waals surface area contributed by atoms with Crippen LogP contribution >= 0.6 is 0 Å². The molecule has 0 radical (unpaired) electrons. The molecule has 158 valence electrons. The number of rotatable bonds is 5. The zero-order chi connectivity index (χ0) is 22.2. The summed E-state index contributed by atoms with van der Waals surface area (Å²) in [6.07, 6.45) is -4.25. The lowest BCUT2D eigenvalue weighted by Gasteiger charge is -2.13. The normalized spacial score (nSPS) is 10.8. The van der Waals surface area contributed by atoms with E-state index in [1.54, 1.807) is 19.1 Å². The molecule has 0 aromatic heterocycles. The van der Waals surface area contributed by atoms with Crippen molar-refractivity contribution in [3.05, 3.63) is 59.2 Å². The van der Waals surface area contributed by atoms with Crippen molar-refractivity contribution in [2.75, 3.05) is 5.32 Å². The number of carbonyl (C=O) groups is 2. The molecule has 0 aliphatic heterocycles. The number of ether oxygens (including phenoxy) is 1. The predicted molar refractivity (Wildman–Crippen MR) is 107 cm³/mol. The van der Waals surface area contributed by atoms with Crippen molar-refractivity contribution in [2.24, 2.45) is 5.92 Å². The summed E-state index contributed by atoms with van der Waals surface area (Å²) in [4.78, 5) is 24.5. The topological polar surface area (TPSA) is 55.4 Å². The molecule has 29 heavy (non-hydrogen) atoms. The van der Waals surface area contributed by atoms with Crippen molar-refractivity contribution in [2.45, 2.75) is 47.2 Å². The van der Waals surface area contributed by atoms with Gasteiger partial charge in [-0.15, -0.1) is 0 Å². The van der Waals surface area contributed by atoms with Gasteiger partial charge in [-0.3, -0.25) is 9.59 Å². The van der Waals surface area contributed by atoms with Crippen LogP contribution in [0, 0.1) is 12.8 Å². The Bertz CT molecular complexity index is 828. The molecule has 0 saturated heterocycles. The monoisotopic (exact) mass is 409 g/mol. The van der Waals surface area contributed by atoms with Gasteiger partial charge in [-0.25, -0.2) is 0 Å². The third-order valence-corrected chi connectivity index (χ3v) is 3.65. The quantitative estimate of drug-likeness (QED) is 0.469. The van der Waals surface area contributed by atoms with E-state index < -0.39 is 23.6 Å². The largest absolute Gasteiger partial charge is 0.426 e. The Hall–Kier alpha value is -2.83. The van der Waals surface area contributed by atoms with Crippen molar-refractivity contribution >= 4 is 17.6 Å². The van der Waals surface area contributed by atoms with Crippen molar-refractivity contribution in [1.82, 2.24) is 0 Å². The molecule has 0 aliphatic rings. The fourth-order valence-electron chi connectivity index (χ4n) is 2.35. The van der Waals surface area contributed by atoms with Crippen molar-refractivity contribution in [1.29, 1.82) is 0 Å². The average Bonchev–Trinajstić information content (AvgIpc) is 2.64. The van der Waals surface area contributed by atoms with Crippen LogP contribution in [-0.4, -0.2) is 11.9 Å². The highest BCUT2D eigenvalue weighted by molar-refractivity contribution is 6.06. The molecular formula is C22H26F3NO3. The smallest absolute Gasteiger partial charge is 0.416 e. The molecule has 2 aromatic rings. The van der Waals surface area contributed by atoms with Gasteiger partial charge in [0.25, 0.3) is 5.91 Å². The van der Waals surface area contributed by atoms with E-state index in [1.165, 1.54) is 18.2 Å². The molecule has 1 N–H and O–H groups in total. The maximum absolute atomic E-state index is 12.6. The Morgan fingerprint density at radius 2 is 1.62 bits per heavy atom. The van der Waals surface area contributed by atoms with Crippen LogP contribution in [0.15, 0.2) is 42.5 Å². The summed E-state index contributed by atoms with van der Waals surface area (Å²) in [6, 6.07) is 8.88. The van der Waals surface area contributed by atoms with Gasteiger partial charge >= 0.3 is 12.1 Å². The first-order valence-electron chi connectivity index (χ1n) is 9.36. The molecule has 1 amide bonds. The average molecular weight is 409 g/mol. The molecule has 0 heterocycles. The molecule has 0 atom stereocenters. The van der Waals surface area contributed by atoms with Crippen LogP contribution in [-0.2, 0) is 11.0 Å². The molecule has 0 aliphatic carbocycles. The van der Waals surface area contributed by atoms with Crippen LogP contribution in [0.5, 0.6) is 5.75 Å². The highest BCUT2D eigenvalue weighted by Crippen LogP contribution is 2.30. The van der Waals surface area contributed by atoms with Crippen LogP contribution in [0.25, 0.3) is 0 Å². The SMILES string of the molecule is CC.Cc1ccc(OC(=O)CC(C)C)c(C(=O)Nc2ccc(C(F)(F)F)cc2)c1. The highest BCUT2D eigenvalue weighted by atomic mass is 19.4. The van der Waals surface area contributed by atoms with Gasteiger partial charge in [0.1, 0.15) is 5.75 Å². The van der Waals surface area contributed by atoms with Gasteiger partial charge in [-0.2, -0.15) is 13.2 Å². The van der Waals surface area contributed by atoms with E-state index >= 15 is 0 Å². The minimum atomic E-state index is -4.45. The molecule has 0 unspecified atom stereocenters. The summed E-state index contributed by atoms with van der Waals surface area (Å²) < 4.78 is 43.1. The number of anilines is 1. The lowest BCUT2D eigenvalue weighted by Crippen LogP contribution is -2.17. The molecule has 7 heteroatoms. The number of alkyl halides is 3. The Balaban J connectivity index is 0.00000204. The molecule has 0 bridgehead atoms. The lowest BCUT2D eigenvalue weighted by atomic mass is 10.1. The molecule has 4 nitrogen and oxygen atoms in total. The Morgan fingerprint density at radius 3 is 2.14 bits per heavy atom. The Labute approximate surface area is 169 Å². The zero-order valence-electron chi connectivity index (χ0n) is 17.2. The fourth-order valence-corrected chi connectivity index (χ4v) is 2.35. The van der Waals surface area contributed by atoms with Crippen molar-refractivity contribution < 1.29 is 27.5 Å². The van der Waals surface area contributed by atoms with E-state index in [4.69, 9.17) is 4.74 Å². The second-order valence-corrected chi connectivity index (χ2v) is 6.60. The molecular weight excluding hydrogens is 383 g/mol. The van der Waals surface area contributed by atoms with Gasteiger partial charge in [0.2, 0.25) is 0 Å². The minimum Gasteiger partial charge on any atom is -0.426 e. The van der Waals surface area contributed by atoms with Crippen LogP contribution in [0.1, 0.15) is 55.6 Å². The number of aryl methyl sites for hydroxylation is 1. The number of nitrogens with one attached hydrogen (secondary N) is 1. The maximum Gasteiger partial charge on any atom is 0.416 e. The van der Waals surface area contributed by atoms with Crippen LogP contribution in [0.4, 0.5) is 18.9 Å². The summed E-state index contributed by atoms with van der Waals surface area (Å²) in [7, 11) is 0.